The van der Waals surface area contributed by atoms with Gasteiger partial charge in [-0.25, -0.2) is 0 Å². The van der Waals surface area contributed by atoms with Gasteiger partial charge in [-0.05, 0) is 32.9 Å². The molecule has 0 spiro atoms. The zero-order chi connectivity index (χ0) is 7.56. The lowest BCUT2D eigenvalue weighted by Gasteiger charge is -2.23. The summed E-state index contributed by atoms with van der Waals surface area (Å²) in [4.78, 5) is 2.26. The van der Waals surface area contributed by atoms with Crippen molar-refractivity contribution in [2.45, 2.75) is 38.3 Å². The number of hydrogen-bond donors (Lipinski definition) is 1. The first-order valence-electron chi connectivity index (χ1n) is 4.14. The van der Waals surface area contributed by atoms with Crippen LogP contribution >= 0.6 is 0 Å². The maximum absolute atomic E-state index is 9.49. The smallest absolute Gasteiger partial charge is 0.0692 e. The van der Waals surface area contributed by atoms with Crippen LogP contribution in [0.3, 0.4) is 0 Å². The largest absolute Gasteiger partial charge is 0.392 e. The maximum atomic E-state index is 9.49. The van der Waals surface area contributed by atoms with Crippen LogP contribution in [0.4, 0.5) is 0 Å². The molecule has 2 atom stereocenters. The van der Waals surface area contributed by atoms with Crippen molar-refractivity contribution in [3.63, 3.8) is 0 Å². The van der Waals surface area contributed by atoms with E-state index in [1.165, 1.54) is 12.8 Å². The van der Waals surface area contributed by atoms with Gasteiger partial charge in [0.15, 0.2) is 0 Å². The predicted octanol–water partition coefficient (Wildman–Crippen LogP) is 0.851. The molecule has 0 unspecified atom stereocenters. The number of rotatable bonds is 2. The van der Waals surface area contributed by atoms with Crippen molar-refractivity contribution in [1.82, 2.24) is 4.90 Å². The summed E-state index contributed by atoms with van der Waals surface area (Å²) in [6.07, 6.45) is 3.20. The molecule has 0 aromatic carbocycles. The lowest BCUT2D eigenvalue weighted by Crippen LogP contribution is -2.35. The second-order valence-corrected chi connectivity index (χ2v) is 3.17. The number of aliphatic hydroxyl groups excluding tert-OH is 1. The van der Waals surface area contributed by atoms with Gasteiger partial charge >= 0.3 is 0 Å². The van der Waals surface area contributed by atoms with Gasteiger partial charge in [-0.15, -0.1) is 0 Å². The van der Waals surface area contributed by atoms with Gasteiger partial charge in [0.25, 0.3) is 0 Å². The Bertz CT molecular complexity index is 105. The fourth-order valence-corrected chi connectivity index (χ4v) is 1.69. The lowest BCUT2D eigenvalue weighted by molar-refractivity contribution is 0.0826. The molecule has 0 bridgehead atoms. The van der Waals surface area contributed by atoms with Gasteiger partial charge in [-0.2, -0.15) is 0 Å². The van der Waals surface area contributed by atoms with Crippen LogP contribution in [0, 0.1) is 0 Å². The molecule has 1 fully saturated rings. The fraction of sp³-hybridized carbons (Fsp3) is 1.00. The highest BCUT2D eigenvalue weighted by atomic mass is 16.3. The summed E-state index contributed by atoms with van der Waals surface area (Å²) in [5.74, 6) is 0. The minimum Gasteiger partial charge on any atom is -0.392 e. The molecule has 1 aliphatic rings. The summed E-state index contributed by atoms with van der Waals surface area (Å²) in [5.41, 5.74) is 0. The molecular formula is C8H17NO. The Morgan fingerprint density at radius 3 is 2.80 bits per heavy atom. The number of likely N-dealkylation sites (N-methyl/N-ethyl adjacent to an activating group) is 1. The monoisotopic (exact) mass is 143 g/mol. The van der Waals surface area contributed by atoms with Crippen LogP contribution in [-0.2, 0) is 0 Å². The summed E-state index contributed by atoms with van der Waals surface area (Å²) in [5, 5.41) is 9.49. The van der Waals surface area contributed by atoms with Crippen molar-refractivity contribution >= 4 is 0 Å². The normalized spacial score (nSPS) is 30.9. The Hall–Kier alpha value is -0.0800. The van der Waals surface area contributed by atoms with Gasteiger partial charge in [-0.3, -0.25) is 0 Å². The zero-order valence-electron chi connectivity index (χ0n) is 6.88. The van der Waals surface area contributed by atoms with Crippen LogP contribution < -0.4 is 0 Å². The number of nitrogens with zero attached hydrogens (tertiary/aromatic N) is 1. The molecule has 60 valence electrons. The first kappa shape index (κ1) is 8.02. The molecule has 0 amide bonds. The number of likely N-dealkylation sites (tertiary alicyclic amines) is 1. The van der Waals surface area contributed by atoms with Crippen LogP contribution in [0.2, 0.25) is 0 Å². The van der Waals surface area contributed by atoms with Gasteiger partial charge < -0.3 is 10.0 Å². The van der Waals surface area contributed by atoms with Crippen molar-refractivity contribution in [1.29, 1.82) is 0 Å². The Labute approximate surface area is 62.8 Å². The van der Waals surface area contributed by atoms with Crippen molar-refractivity contribution < 1.29 is 5.11 Å². The van der Waals surface area contributed by atoms with E-state index >= 15 is 0 Å². The van der Waals surface area contributed by atoms with Gasteiger partial charge in [0.05, 0.1) is 6.10 Å². The van der Waals surface area contributed by atoms with Crippen LogP contribution in [0.1, 0.15) is 26.2 Å². The van der Waals surface area contributed by atoms with E-state index in [1.54, 1.807) is 0 Å². The average molecular weight is 143 g/mol. The molecule has 1 N–H and O–H groups in total. The molecule has 1 saturated heterocycles. The van der Waals surface area contributed by atoms with E-state index in [2.05, 4.69) is 11.9 Å². The highest BCUT2D eigenvalue weighted by Gasteiger charge is 2.26. The third kappa shape index (κ3) is 1.50. The van der Waals surface area contributed by atoms with E-state index < -0.39 is 0 Å². The first-order valence-corrected chi connectivity index (χ1v) is 4.14. The lowest BCUT2D eigenvalue weighted by atomic mass is 10.1. The Morgan fingerprint density at radius 1 is 1.70 bits per heavy atom. The molecule has 10 heavy (non-hydrogen) atoms. The van der Waals surface area contributed by atoms with Gasteiger partial charge in [0.2, 0.25) is 0 Å². The molecular weight excluding hydrogens is 126 g/mol. The second kappa shape index (κ2) is 3.35. The molecule has 2 heteroatoms. The summed E-state index contributed by atoms with van der Waals surface area (Å²) in [7, 11) is 2.09. The summed E-state index contributed by atoms with van der Waals surface area (Å²) in [6, 6.07) is 0.435. The minimum atomic E-state index is -0.104. The van der Waals surface area contributed by atoms with E-state index in [-0.39, 0.29) is 6.10 Å². The molecule has 0 aliphatic carbocycles. The minimum absolute atomic E-state index is 0.104. The van der Waals surface area contributed by atoms with Crippen molar-refractivity contribution in [3.8, 4) is 0 Å². The fourth-order valence-electron chi connectivity index (χ4n) is 1.69. The topological polar surface area (TPSA) is 23.5 Å². The van der Waals surface area contributed by atoms with E-state index in [4.69, 9.17) is 0 Å². The van der Waals surface area contributed by atoms with Crippen LogP contribution in [0.5, 0.6) is 0 Å². The Kier molecular flexibility index (Phi) is 2.69. The molecule has 1 heterocycles. The highest BCUT2D eigenvalue weighted by molar-refractivity contribution is 4.81. The van der Waals surface area contributed by atoms with E-state index in [0.29, 0.717) is 6.04 Å². The molecule has 1 aliphatic heterocycles. The van der Waals surface area contributed by atoms with Crippen LogP contribution in [0.25, 0.3) is 0 Å². The molecule has 1 rings (SSSR count). The molecule has 0 radical (unpaired) electrons. The summed E-state index contributed by atoms with van der Waals surface area (Å²) >= 11 is 0. The highest BCUT2D eigenvalue weighted by Crippen LogP contribution is 2.19. The molecule has 2 nitrogen and oxygen atoms in total. The van der Waals surface area contributed by atoms with Crippen molar-refractivity contribution in [2.75, 3.05) is 13.6 Å². The zero-order valence-corrected chi connectivity index (χ0v) is 6.88. The molecule has 0 saturated carbocycles. The quantitative estimate of drug-likeness (QED) is 0.619. The maximum Gasteiger partial charge on any atom is 0.0692 e. The average Bonchev–Trinajstić information content (AvgIpc) is 2.34. The summed E-state index contributed by atoms with van der Waals surface area (Å²) < 4.78 is 0. The van der Waals surface area contributed by atoms with Crippen molar-refractivity contribution in [3.05, 3.63) is 0 Å². The third-order valence-corrected chi connectivity index (χ3v) is 2.44. The number of hydrogen-bond acceptors (Lipinski definition) is 2. The van der Waals surface area contributed by atoms with E-state index in [9.17, 15) is 5.11 Å². The molecule has 0 aromatic rings. The van der Waals surface area contributed by atoms with Gasteiger partial charge in [-0.1, -0.05) is 6.92 Å². The van der Waals surface area contributed by atoms with Crippen molar-refractivity contribution in [2.24, 2.45) is 0 Å². The third-order valence-electron chi connectivity index (χ3n) is 2.44. The second-order valence-electron chi connectivity index (χ2n) is 3.17. The van der Waals surface area contributed by atoms with E-state index in [1.807, 2.05) is 6.92 Å². The summed E-state index contributed by atoms with van der Waals surface area (Å²) in [6.45, 7) is 3.19. The Morgan fingerprint density at radius 2 is 2.40 bits per heavy atom. The van der Waals surface area contributed by atoms with Gasteiger partial charge in [0.1, 0.15) is 0 Å². The first-order chi connectivity index (χ1) is 4.75. The Balaban J connectivity index is 2.38. The predicted molar refractivity (Wildman–Crippen MR) is 41.9 cm³/mol. The standard InChI is InChI=1S/C8H17NO/c1-3-8(10)7-5-4-6-9(7)2/h7-8,10H,3-6H2,1-2H3/t7-,8-/m0/s1. The van der Waals surface area contributed by atoms with Crippen LogP contribution in [0.15, 0.2) is 0 Å². The van der Waals surface area contributed by atoms with Crippen LogP contribution in [-0.4, -0.2) is 35.7 Å². The SMILES string of the molecule is CC[C@H](O)[C@@H]1CCCN1C. The number of aliphatic hydroxyl groups is 1. The van der Waals surface area contributed by atoms with E-state index in [0.717, 1.165) is 13.0 Å². The van der Waals surface area contributed by atoms with Gasteiger partial charge in [0, 0.05) is 6.04 Å². The molecule has 0 aromatic heterocycles.